The fraction of sp³-hybridized carbons (Fsp3) is 0.556. The van der Waals surface area contributed by atoms with Crippen molar-refractivity contribution in [3.63, 3.8) is 0 Å². The molecule has 1 amide bonds. The molecule has 1 rings (SSSR count). The normalized spacial score (nSPS) is 12.0. The monoisotopic (exact) mass is 387 g/mol. The molecule has 0 heterocycles. The lowest BCUT2D eigenvalue weighted by Gasteiger charge is -2.30. The lowest BCUT2D eigenvalue weighted by atomic mass is 10.2. The Morgan fingerprint density at radius 1 is 1.07 bits per heavy atom. The third-order valence-electron chi connectivity index (χ3n) is 3.94. The number of guanidine groups is 1. The van der Waals surface area contributed by atoms with Crippen molar-refractivity contribution in [2.24, 2.45) is 4.99 Å². The number of hydrogen-bond donors (Lipinski definition) is 3. The first kappa shape index (κ1) is 22.8. The van der Waals surface area contributed by atoms with Crippen LogP contribution in [0, 0.1) is 17.5 Å². The highest BCUT2D eigenvalue weighted by atomic mass is 19.2. The number of amides is 1. The van der Waals surface area contributed by atoms with Gasteiger partial charge in [-0.1, -0.05) is 0 Å². The van der Waals surface area contributed by atoms with Gasteiger partial charge in [0.1, 0.15) is 0 Å². The Morgan fingerprint density at radius 3 is 2.26 bits per heavy atom. The van der Waals surface area contributed by atoms with Gasteiger partial charge in [-0.2, -0.15) is 0 Å². The number of hydrogen-bond acceptors (Lipinski definition) is 3. The smallest absolute Gasteiger partial charge is 0.243 e. The number of carbonyl (C=O) groups excluding carboxylic acids is 1. The molecule has 0 radical (unpaired) electrons. The molecule has 6 nitrogen and oxygen atoms in total. The van der Waals surface area contributed by atoms with E-state index in [0.717, 1.165) is 18.7 Å². The van der Waals surface area contributed by atoms with Crippen LogP contribution >= 0.6 is 0 Å². The van der Waals surface area contributed by atoms with Crippen LogP contribution in [-0.4, -0.2) is 55.5 Å². The maximum atomic E-state index is 13.6. The van der Waals surface area contributed by atoms with Crippen molar-refractivity contribution in [1.29, 1.82) is 0 Å². The fourth-order valence-electron chi connectivity index (χ4n) is 2.62. The van der Waals surface area contributed by atoms with Gasteiger partial charge in [0.05, 0.1) is 12.2 Å². The summed E-state index contributed by atoms with van der Waals surface area (Å²) in [5, 5.41) is 8.06. The molecule has 0 atom stereocenters. The molecule has 9 heteroatoms. The van der Waals surface area contributed by atoms with E-state index in [-0.39, 0.29) is 6.54 Å². The van der Waals surface area contributed by atoms with Crippen LogP contribution in [0.15, 0.2) is 17.1 Å². The van der Waals surface area contributed by atoms with Gasteiger partial charge >= 0.3 is 0 Å². The molecule has 0 unspecified atom stereocenters. The molecule has 0 aromatic heterocycles. The molecule has 3 N–H and O–H groups in total. The molecular formula is C18H28F3N5O. The van der Waals surface area contributed by atoms with Gasteiger partial charge in [0.15, 0.2) is 23.4 Å². The molecule has 0 saturated heterocycles. The molecule has 0 bridgehead atoms. The number of halogens is 3. The third-order valence-corrected chi connectivity index (χ3v) is 3.94. The number of aliphatic imine (C=N–C) groups is 1. The van der Waals surface area contributed by atoms with E-state index in [4.69, 9.17) is 0 Å². The van der Waals surface area contributed by atoms with E-state index in [1.54, 1.807) is 7.05 Å². The number of nitrogens with one attached hydrogen (secondary N) is 3. The molecule has 1 aromatic carbocycles. The zero-order valence-electron chi connectivity index (χ0n) is 16.4. The van der Waals surface area contributed by atoms with E-state index in [0.29, 0.717) is 24.6 Å². The van der Waals surface area contributed by atoms with Crippen LogP contribution in [-0.2, 0) is 4.79 Å². The topological polar surface area (TPSA) is 68.8 Å². The minimum absolute atomic E-state index is 0.212. The Balaban J connectivity index is 2.48. The van der Waals surface area contributed by atoms with Crippen molar-refractivity contribution in [1.82, 2.24) is 15.5 Å². The number of nitrogens with zero attached hydrogens (tertiary/aromatic N) is 2. The molecule has 1 aromatic rings. The standard InChI is InChI=1S/C18H28F3N5O/c1-11(2)26(12(3)4)9-8-23-18(22-5)24-10-15(27)25-14-7-6-13(19)16(20)17(14)21/h6-7,11-12H,8-10H2,1-5H3,(H,25,27)(H2,22,23,24). The number of carbonyl (C=O) groups is 1. The average molecular weight is 387 g/mol. The van der Waals surface area contributed by atoms with Crippen LogP contribution in [0.1, 0.15) is 27.7 Å². The molecule has 0 spiro atoms. The predicted molar refractivity (Wildman–Crippen MR) is 101 cm³/mol. The van der Waals surface area contributed by atoms with Crippen LogP contribution in [0.4, 0.5) is 18.9 Å². The Morgan fingerprint density at radius 2 is 1.70 bits per heavy atom. The summed E-state index contributed by atoms with van der Waals surface area (Å²) < 4.78 is 39.7. The predicted octanol–water partition coefficient (Wildman–Crippen LogP) is 2.33. The second-order valence-electron chi connectivity index (χ2n) is 6.55. The first-order chi connectivity index (χ1) is 12.7. The molecule has 152 valence electrons. The van der Waals surface area contributed by atoms with E-state index in [2.05, 4.69) is 53.5 Å². The quantitative estimate of drug-likeness (QED) is 0.364. The van der Waals surface area contributed by atoms with Gasteiger partial charge in [-0.3, -0.25) is 14.7 Å². The average Bonchev–Trinajstić information content (AvgIpc) is 2.61. The van der Waals surface area contributed by atoms with Gasteiger partial charge in [-0.15, -0.1) is 0 Å². The van der Waals surface area contributed by atoms with Crippen LogP contribution in [0.25, 0.3) is 0 Å². The zero-order valence-corrected chi connectivity index (χ0v) is 16.4. The maximum Gasteiger partial charge on any atom is 0.243 e. The van der Waals surface area contributed by atoms with Crippen molar-refractivity contribution in [3.05, 3.63) is 29.6 Å². The van der Waals surface area contributed by atoms with Crippen LogP contribution < -0.4 is 16.0 Å². The van der Waals surface area contributed by atoms with Crippen molar-refractivity contribution in [2.45, 2.75) is 39.8 Å². The van der Waals surface area contributed by atoms with E-state index in [1.807, 2.05) is 0 Å². The van der Waals surface area contributed by atoms with Crippen molar-refractivity contribution in [3.8, 4) is 0 Å². The van der Waals surface area contributed by atoms with Gasteiger partial charge in [-0.05, 0) is 39.8 Å². The van der Waals surface area contributed by atoms with E-state index >= 15 is 0 Å². The lowest BCUT2D eigenvalue weighted by molar-refractivity contribution is -0.115. The highest BCUT2D eigenvalue weighted by Gasteiger charge is 2.16. The van der Waals surface area contributed by atoms with E-state index < -0.39 is 29.0 Å². The van der Waals surface area contributed by atoms with Crippen LogP contribution in [0.2, 0.25) is 0 Å². The van der Waals surface area contributed by atoms with Gasteiger partial charge in [0, 0.05) is 32.2 Å². The lowest BCUT2D eigenvalue weighted by Crippen LogP contribution is -2.46. The summed E-state index contributed by atoms with van der Waals surface area (Å²) in [5.74, 6) is -4.59. The largest absolute Gasteiger partial charge is 0.355 e. The van der Waals surface area contributed by atoms with Gasteiger partial charge in [0.25, 0.3) is 0 Å². The molecular weight excluding hydrogens is 359 g/mol. The molecule has 27 heavy (non-hydrogen) atoms. The van der Waals surface area contributed by atoms with Crippen molar-refractivity contribution >= 4 is 17.6 Å². The summed E-state index contributed by atoms with van der Waals surface area (Å²) in [6, 6.07) is 2.51. The minimum Gasteiger partial charge on any atom is -0.355 e. The highest BCUT2D eigenvalue weighted by molar-refractivity contribution is 5.95. The second-order valence-corrected chi connectivity index (χ2v) is 6.55. The molecule has 0 fully saturated rings. The first-order valence-electron chi connectivity index (χ1n) is 8.81. The highest BCUT2D eigenvalue weighted by Crippen LogP contribution is 2.19. The van der Waals surface area contributed by atoms with Gasteiger partial charge in [0.2, 0.25) is 5.91 Å². The number of benzene rings is 1. The first-order valence-corrected chi connectivity index (χ1v) is 8.81. The second kappa shape index (κ2) is 10.8. The molecule has 0 aliphatic rings. The Hall–Kier alpha value is -2.29. The van der Waals surface area contributed by atoms with Crippen LogP contribution in [0.5, 0.6) is 0 Å². The van der Waals surface area contributed by atoms with Gasteiger partial charge in [-0.25, -0.2) is 13.2 Å². The van der Waals surface area contributed by atoms with Crippen molar-refractivity contribution in [2.75, 3.05) is 32.0 Å². The summed E-state index contributed by atoms with van der Waals surface area (Å²) in [7, 11) is 1.56. The summed E-state index contributed by atoms with van der Waals surface area (Å²) in [6.45, 7) is 9.68. The Labute approximate surface area is 158 Å². The minimum atomic E-state index is -1.63. The zero-order chi connectivity index (χ0) is 20.6. The Kier molecular flexibility index (Phi) is 9.07. The van der Waals surface area contributed by atoms with E-state index in [9.17, 15) is 18.0 Å². The van der Waals surface area contributed by atoms with Gasteiger partial charge < -0.3 is 16.0 Å². The molecule has 0 saturated carbocycles. The fourth-order valence-corrected chi connectivity index (χ4v) is 2.62. The summed E-state index contributed by atoms with van der Waals surface area (Å²) in [4.78, 5) is 18.2. The summed E-state index contributed by atoms with van der Waals surface area (Å²) >= 11 is 0. The maximum absolute atomic E-state index is 13.6. The summed E-state index contributed by atoms with van der Waals surface area (Å²) in [6.07, 6.45) is 0. The van der Waals surface area contributed by atoms with Crippen LogP contribution in [0.3, 0.4) is 0 Å². The molecule has 0 aliphatic carbocycles. The number of rotatable bonds is 8. The van der Waals surface area contributed by atoms with E-state index in [1.165, 1.54) is 0 Å². The third kappa shape index (κ3) is 7.09. The Bertz CT molecular complexity index is 657. The van der Waals surface area contributed by atoms with Crippen molar-refractivity contribution < 1.29 is 18.0 Å². The molecule has 0 aliphatic heterocycles. The number of anilines is 1. The SMILES string of the molecule is CN=C(NCCN(C(C)C)C(C)C)NCC(=O)Nc1ccc(F)c(F)c1F. The summed E-state index contributed by atoms with van der Waals surface area (Å²) in [5.41, 5.74) is -0.423.